The van der Waals surface area contributed by atoms with E-state index >= 15 is 0 Å². The number of anilines is 1. The van der Waals surface area contributed by atoms with Crippen LogP contribution in [0.1, 0.15) is 55.1 Å². The summed E-state index contributed by atoms with van der Waals surface area (Å²) in [6, 6.07) is 14.8. The minimum atomic E-state index is -0.571. The molecule has 5 heteroatoms. The lowest BCUT2D eigenvalue weighted by atomic mass is 9.92. The van der Waals surface area contributed by atoms with E-state index in [1.165, 1.54) is 0 Å². The van der Waals surface area contributed by atoms with Gasteiger partial charge in [0.2, 0.25) is 0 Å². The largest absolute Gasteiger partial charge is 0.339 e. The SMILES string of the molecule is C=C(C)c1cccc(C(C)(C)NC(=O)Nc2cccc(C(=O)N3CCCC3)c2)c1. The van der Waals surface area contributed by atoms with Gasteiger partial charge in [-0.1, -0.05) is 36.4 Å². The van der Waals surface area contributed by atoms with Crippen LogP contribution in [0.2, 0.25) is 0 Å². The summed E-state index contributed by atoms with van der Waals surface area (Å²) < 4.78 is 0. The van der Waals surface area contributed by atoms with E-state index in [1.807, 2.05) is 49.9 Å². The molecule has 5 nitrogen and oxygen atoms in total. The van der Waals surface area contributed by atoms with Gasteiger partial charge in [0.05, 0.1) is 5.54 Å². The fourth-order valence-electron chi connectivity index (χ4n) is 3.52. The Morgan fingerprint density at radius 3 is 2.34 bits per heavy atom. The third-order valence-corrected chi connectivity index (χ3v) is 5.26. The molecule has 1 aliphatic heterocycles. The number of allylic oxidation sites excluding steroid dienone is 1. The summed E-state index contributed by atoms with van der Waals surface area (Å²) in [5, 5.41) is 5.87. The highest BCUT2D eigenvalue weighted by atomic mass is 16.2. The lowest BCUT2D eigenvalue weighted by Gasteiger charge is -2.27. The Bertz CT molecular complexity index is 927. The Morgan fingerprint density at radius 1 is 1.00 bits per heavy atom. The van der Waals surface area contributed by atoms with Crippen LogP contribution < -0.4 is 10.6 Å². The van der Waals surface area contributed by atoms with Gasteiger partial charge < -0.3 is 15.5 Å². The predicted octanol–water partition coefficient (Wildman–Crippen LogP) is 5.01. The van der Waals surface area contributed by atoms with Crippen molar-refractivity contribution in [3.8, 4) is 0 Å². The Hall–Kier alpha value is -3.08. The van der Waals surface area contributed by atoms with E-state index in [1.54, 1.807) is 24.3 Å². The molecule has 152 valence electrons. The summed E-state index contributed by atoms with van der Waals surface area (Å²) >= 11 is 0. The molecule has 0 spiro atoms. The number of nitrogens with one attached hydrogen (secondary N) is 2. The first-order chi connectivity index (χ1) is 13.8. The van der Waals surface area contributed by atoms with Gasteiger partial charge in [-0.2, -0.15) is 0 Å². The molecule has 1 aliphatic rings. The number of likely N-dealkylation sites (tertiary alicyclic amines) is 1. The first-order valence-electron chi connectivity index (χ1n) is 10.0. The average molecular weight is 392 g/mol. The van der Waals surface area contributed by atoms with Gasteiger partial charge >= 0.3 is 6.03 Å². The monoisotopic (exact) mass is 391 g/mol. The number of rotatable bonds is 5. The van der Waals surface area contributed by atoms with E-state index in [4.69, 9.17) is 0 Å². The van der Waals surface area contributed by atoms with Crippen LogP contribution in [0.25, 0.3) is 5.57 Å². The zero-order chi connectivity index (χ0) is 21.0. The lowest BCUT2D eigenvalue weighted by Crippen LogP contribution is -2.43. The van der Waals surface area contributed by atoms with E-state index in [2.05, 4.69) is 17.2 Å². The van der Waals surface area contributed by atoms with Gasteiger partial charge in [0, 0.05) is 24.3 Å². The van der Waals surface area contributed by atoms with Crippen molar-refractivity contribution < 1.29 is 9.59 Å². The van der Waals surface area contributed by atoms with Crippen molar-refractivity contribution in [1.29, 1.82) is 0 Å². The van der Waals surface area contributed by atoms with Crippen LogP contribution in [0.3, 0.4) is 0 Å². The molecule has 1 fully saturated rings. The van der Waals surface area contributed by atoms with Gasteiger partial charge in [-0.05, 0) is 69.0 Å². The second kappa shape index (κ2) is 8.52. The number of hydrogen-bond donors (Lipinski definition) is 2. The maximum absolute atomic E-state index is 12.6. The number of carbonyl (C=O) groups is 2. The minimum absolute atomic E-state index is 0.0171. The van der Waals surface area contributed by atoms with Crippen molar-refractivity contribution in [3.05, 3.63) is 71.8 Å². The molecule has 3 amide bonds. The van der Waals surface area contributed by atoms with Crippen molar-refractivity contribution in [2.24, 2.45) is 0 Å². The quantitative estimate of drug-likeness (QED) is 0.752. The Kier molecular flexibility index (Phi) is 6.06. The molecule has 0 bridgehead atoms. The zero-order valence-electron chi connectivity index (χ0n) is 17.4. The highest BCUT2D eigenvalue weighted by molar-refractivity contribution is 5.97. The number of amides is 3. The summed E-state index contributed by atoms with van der Waals surface area (Å²) in [7, 11) is 0. The number of hydrogen-bond acceptors (Lipinski definition) is 2. The van der Waals surface area contributed by atoms with Crippen LogP contribution in [-0.4, -0.2) is 29.9 Å². The smallest absolute Gasteiger partial charge is 0.319 e. The molecule has 1 heterocycles. The molecule has 2 aromatic carbocycles. The summed E-state index contributed by atoms with van der Waals surface area (Å²) in [6.45, 7) is 11.5. The van der Waals surface area contributed by atoms with E-state index in [9.17, 15) is 9.59 Å². The van der Waals surface area contributed by atoms with Gasteiger partial charge in [0.1, 0.15) is 0 Å². The molecule has 1 saturated heterocycles. The Balaban J connectivity index is 1.68. The maximum atomic E-state index is 12.6. The molecule has 0 aromatic heterocycles. The molecule has 29 heavy (non-hydrogen) atoms. The standard InChI is InChI=1S/C24H29N3O2/c1-17(2)18-9-7-11-20(15-18)24(3,4)26-23(29)25-21-12-8-10-19(16-21)22(28)27-13-5-6-14-27/h7-12,15-16H,1,5-6,13-14H2,2-4H3,(H2,25,26,29). The van der Waals surface area contributed by atoms with Crippen LogP contribution in [0, 0.1) is 0 Å². The van der Waals surface area contributed by atoms with Crippen molar-refractivity contribution in [3.63, 3.8) is 0 Å². The first-order valence-corrected chi connectivity index (χ1v) is 10.0. The van der Waals surface area contributed by atoms with E-state index in [0.29, 0.717) is 11.3 Å². The third-order valence-electron chi connectivity index (χ3n) is 5.26. The first kappa shape index (κ1) is 20.6. The van der Waals surface area contributed by atoms with Crippen molar-refractivity contribution in [1.82, 2.24) is 10.2 Å². The Labute approximate surface area is 172 Å². The predicted molar refractivity (Wildman–Crippen MR) is 118 cm³/mol. The fourth-order valence-corrected chi connectivity index (χ4v) is 3.52. The highest BCUT2D eigenvalue weighted by Gasteiger charge is 2.24. The molecular weight excluding hydrogens is 362 g/mol. The van der Waals surface area contributed by atoms with Gasteiger partial charge in [-0.15, -0.1) is 0 Å². The maximum Gasteiger partial charge on any atom is 0.319 e. The second-order valence-electron chi connectivity index (χ2n) is 8.15. The molecule has 2 N–H and O–H groups in total. The Morgan fingerprint density at radius 2 is 1.66 bits per heavy atom. The van der Waals surface area contributed by atoms with Gasteiger partial charge in [-0.25, -0.2) is 4.79 Å². The number of nitrogens with zero attached hydrogens (tertiary/aromatic N) is 1. The zero-order valence-corrected chi connectivity index (χ0v) is 17.4. The van der Waals surface area contributed by atoms with Crippen LogP contribution in [-0.2, 0) is 5.54 Å². The minimum Gasteiger partial charge on any atom is -0.339 e. The molecule has 3 rings (SSSR count). The number of carbonyl (C=O) groups excluding carboxylic acids is 2. The topological polar surface area (TPSA) is 61.4 Å². The van der Waals surface area contributed by atoms with E-state index in [-0.39, 0.29) is 11.9 Å². The normalized spacial score (nSPS) is 13.8. The van der Waals surface area contributed by atoms with Crippen molar-refractivity contribution in [2.45, 2.75) is 39.2 Å². The van der Waals surface area contributed by atoms with Gasteiger partial charge in [0.25, 0.3) is 5.91 Å². The van der Waals surface area contributed by atoms with E-state index in [0.717, 1.165) is 42.6 Å². The van der Waals surface area contributed by atoms with Gasteiger partial charge in [0.15, 0.2) is 0 Å². The number of benzene rings is 2. The van der Waals surface area contributed by atoms with Crippen LogP contribution in [0.4, 0.5) is 10.5 Å². The van der Waals surface area contributed by atoms with Crippen molar-refractivity contribution >= 4 is 23.2 Å². The molecule has 0 saturated carbocycles. The highest BCUT2D eigenvalue weighted by Crippen LogP contribution is 2.24. The molecular formula is C24H29N3O2. The summed E-state index contributed by atoms with van der Waals surface area (Å²) in [6.07, 6.45) is 2.10. The molecule has 0 atom stereocenters. The van der Waals surface area contributed by atoms with Crippen LogP contribution >= 0.6 is 0 Å². The van der Waals surface area contributed by atoms with E-state index < -0.39 is 5.54 Å². The fraction of sp³-hybridized carbons (Fsp3) is 0.333. The summed E-state index contributed by atoms with van der Waals surface area (Å²) in [5.41, 5.74) is 3.64. The average Bonchev–Trinajstić information content (AvgIpc) is 3.22. The van der Waals surface area contributed by atoms with Crippen LogP contribution in [0.15, 0.2) is 55.1 Å². The molecule has 0 aliphatic carbocycles. The molecule has 0 radical (unpaired) electrons. The number of urea groups is 1. The van der Waals surface area contributed by atoms with Crippen LogP contribution in [0.5, 0.6) is 0 Å². The molecule has 2 aromatic rings. The lowest BCUT2D eigenvalue weighted by molar-refractivity contribution is 0.0793. The van der Waals surface area contributed by atoms with Gasteiger partial charge in [-0.3, -0.25) is 4.79 Å². The van der Waals surface area contributed by atoms with Crippen molar-refractivity contribution in [2.75, 3.05) is 18.4 Å². The second-order valence-corrected chi connectivity index (χ2v) is 8.15. The summed E-state index contributed by atoms with van der Waals surface area (Å²) in [5.74, 6) is 0.0171. The third kappa shape index (κ3) is 5.05. The summed E-state index contributed by atoms with van der Waals surface area (Å²) in [4.78, 5) is 27.1. The molecule has 0 unspecified atom stereocenters.